The van der Waals surface area contributed by atoms with Crippen molar-refractivity contribution in [3.05, 3.63) is 89.5 Å². The Labute approximate surface area is 185 Å². The van der Waals surface area contributed by atoms with E-state index in [4.69, 9.17) is 9.84 Å². The fourth-order valence-electron chi connectivity index (χ4n) is 3.94. The van der Waals surface area contributed by atoms with E-state index in [-0.39, 0.29) is 25.5 Å². The summed E-state index contributed by atoms with van der Waals surface area (Å²) in [5.74, 6) is -1.45. The first-order chi connectivity index (χ1) is 15.5. The first-order valence-corrected chi connectivity index (χ1v) is 10.2. The van der Waals surface area contributed by atoms with Gasteiger partial charge >= 0.3 is 12.1 Å². The average Bonchev–Trinajstić information content (AvgIpc) is 3.10. The number of amides is 2. The number of alkyl carbamates (subject to hydrolysis) is 1. The molecule has 0 unspecified atom stereocenters. The Morgan fingerprint density at radius 1 is 0.875 bits per heavy atom. The zero-order chi connectivity index (χ0) is 22.5. The number of hydrogen-bond acceptors (Lipinski definition) is 4. The van der Waals surface area contributed by atoms with Gasteiger partial charge in [0.25, 0.3) is 0 Å². The molecule has 0 fully saturated rings. The van der Waals surface area contributed by atoms with E-state index in [1.165, 1.54) is 0 Å². The highest BCUT2D eigenvalue weighted by Crippen LogP contribution is 2.44. The molecule has 3 aromatic rings. The molecule has 0 saturated heterocycles. The Kier molecular flexibility index (Phi) is 6.17. The molecule has 0 heterocycles. The quantitative estimate of drug-likeness (QED) is 0.529. The molecule has 3 N–H and O–H groups in total. The van der Waals surface area contributed by atoms with Crippen LogP contribution in [0.2, 0.25) is 0 Å². The van der Waals surface area contributed by atoms with Crippen molar-refractivity contribution in [3.8, 4) is 11.1 Å². The van der Waals surface area contributed by atoms with Crippen molar-refractivity contribution < 1.29 is 24.2 Å². The Balaban J connectivity index is 1.30. The number of carboxylic acids is 1. The number of anilines is 1. The number of rotatable bonds is 7. The topological polar surface area (TPSA) is 105 Å². The van der Waals surface area contributed by atoms with Crippen LogP contribution in [0.25, 0.3) is 11.1 Å². The van der Waals surface area contributed by atoms with Gasteiger partial charge in [0.2, 0.25) is 5.91 Å². The van der Waals surface area contributed by atoms with Gasteiger partial charge in [-0.05, 0) is 39.9 Å². The van der Waals surface area contributed by atoms with Crippen LogP contribution >= 0.6 is 0 Å². The lowest BCUT2D eigenvalue weighted by Gasteiger charge is -2.14. The van der Waals surface area contributed by atoms with E-state index >= 15 is 0 Å². The smallest absolute Gasteiger partial charge is 0.407 e. The van der Waals surface area contributed by atoms with E-state index in [9.17, 15) is 14.4 Å². The highest BCUT2D eigenvalue weighted by Gasteiger charge is 2.29. The summed E-state index contributed by atoms with van der Waals surface area (Å²) in [7, 11) is 0. The number of fused-ring (bicyclic) bond motifs is 3. The van der Waals surface area contributed by atoms with E-state index in [2.05, 4.69) is 22.8 Å². The number of ether oxygens (including phenoxy) is 1. The lowest BCUT2D eigenvalue weighted by molar-refractivity contribution is -0.136. The molecule has 7 heteroatoms. The van der Waals surface area contributed by atoms with Crippen molar-refractivity contribution in [2.24, 2.45) is 0 Å². The number of aliphatic carboxylic acids is 1. The molecule has 7 nitrogen and oxygen atoms in total. The summed E-state index contributed by atoms with van der Waals surface area (Å²) in [5.41, 5.74) is 5.53. The van der Waals surface area contributed by atoms with Gasteiger partial charge in [0.15, 0.2) is 0 Å². The van der Waals surface area contributed by atoms with E-state index in [1.54, 1.807) is 24.3 Å². The second kappa shape index (κ2) is 9.34. The number of carboxylic acid groups (broad SMARTS) is 1. The van der Waals surface area contributed by atoms with Gasteiger partial charge in [0.1, 0.15) is 13.2 Å². The van der Waals surface area contributed by atoms with Gasteiger partial charge in [0.05, 0.1) is 6.42 Å². The summed E-state index contributed by atoms with van der Waals surface area (Å²) in [6, 6.07) is 22.7. The fourth-order valence-corrected chi connectivity index (χ4v) is 3.94. The predicted molar refractivity (Wildman–Crippen MR) is 119 cm³/mol. The van der Waals surface area contributed by atoms with Crippen LogP contribution in [0.15, 0.2) is 72.8 Å². The molecule has 0 spiro atoms. The minimum atomic E-state index is -0.953. The summed E-state index contributed by atoms with van der Waals surface area (Å²) in [6.07, 6.45) is -0.816. The van der Waals surface area contributed by atoms with Crippen LogP contribution < -0.4 is 10.6 Å². The van der Waals surface area contributed by atoms with Gasteiger partial charge in [-0.25, -0.2) is 4.79 Å². The second-order valence-electron chi connectivity index (χ2n) is 7.50. The van der Waals surface area contributed by atoms with Gasteiger partial charge in [0, 0.05) is 11.6 Å². The molecular weight excluding hydrogens is 408 g/mol. The molecule has 32 heavy (non-hydrogen) atoms. The first kappa shape index (κ1) is 21.1. The zero-order valence-electron chi connectivity index (χ0n) is 17.2. The van der Waals surface area contributed by atoms with Gasteiger partial charge < -0.3 is 20.5 Å². The van der Waals surface area contributed by atoms with Gasteiger partial charge in [-0.3, -0.25) is 9.59 Å². The molecule has 2 amide bonds. The van der Waals surface area contributed by atoms with Crippen LogP contribution in [0.3, 0.4) is 0 Å². The van der Waals surface area contributed by atoms with Crippen LogP contribution in [0.5, 0.6) is 0 Å². The van der Waals surface area contributed by atoms with Crippen molar-refractivity contribution in [1.82, 2.24) is 5.32 Å². The molecule has 3 aromatic carbocycles. The number of hydrogen-bond donors (Lipinski definition) is 3. The average molecular weight is 430 g/mol. The molecule has 0 atom stereocenters. The maximum Gasteiger partial charge on any atom is 0.407 e. The molecule has 1 aliphatic carbocycles. The summed E-state index contributed by atoms with van der Waals surface area (Å²) < 4.78 is 5.41. The molecular formula is C25H22N2O5. The number of carbonyl (C=O) groups excluding carboxylic acids is 2. The minimum absolute atomic E-state index is 0.0565. The molecule has 0 saturated carbocycles. The highest BCUT2D eigenvalue weighted by molar-refractivity contribution is 5.94. The molecule has 162 valence electrons. The van der Waals surface area contributed by atoms with Crippen molar-refractivity contribution >= 4 is 23.7 Å². The van der Waals surface area contributed by atoms with Crippen molar-refractivity contribution in [2.45, 2.75) is 12.3 Å². The van der Waals surface area contributed by atoms with Crippen molar-refractivity contribution in [2.75, 3.05) is 18.5 Å². The Bertz CT molecular complexity index is 1130. The lowest BCUT2D eigenvalue weighted by Crippen LogP contribution is -2.34. The SMILES string of the molecule is O=C(O)Cc1cccc(NC(=O)CNC(=O)OCC2c3ccccc3-c3ccccc32)c1. The van der Waals surface area contributed by atoms with Gasteiger partial charge in [-0.2, -0.15) is 0 Å². The Hall–Kier alpha value is -4.13. The molecule has 0 radical (unpaired) electrons. The van der Waals surface area contributed by atoms with Crippen LogP contribution in [0, 0.1) is 0 Å². The van der Waals surface area contributed by atoms with Gasteiger partial charge in [-0.1, -0.05) is 60.7 Å². The van der Waals surface area contributed by atoms with E-state index in [0.29, 0.717) is 11.3 Å². The normalized spacial score (nSPS) is 11.9. The fraction of sp³-hybridized carbons (Fsp3) is 0.160. The summed E-state index contributed by atoms with van der Waals surface area (Å²) in [5, 5.41) is 14.0. The molecule has 0 bridgehead atoms. The third-order valence-corrected chi connectivity index (χ3v) is 5.30. The van der Waals surface area contributed by atoms with E-state index < -0.39 is 18.0 Å². The Morgan fingerprint density at radius 3 is 2.19 bits per heavy atom. The van der Waals surface area contributed by atoms with Crippen LogP contribution in [0.1, 0.15) is 22.6 Å². The Morgan fingerprint density at radius 2 is 1.53 bits per heavy atom. The number of benzene rings is 3. The minimum Gasteiger partial charge on any atom is -0.481 e. The third-order valence-electron chi connectivity index (χ3n) is 5.30. The first-order valence-electron chi connectivity index (χ1n) is 10.2. The molecule has 0 aromatic heterocycles. The van der Waals surface area contributed by atoms with Crippen LogP contribution in [-0.2, 0) is 20.7 Å². The maximum atomic E-state index is 12.2. The van der Waals surface area contributed by atoms with Gasteiger partial charge in [-0.15, -0.1) is 0 Å². The zero-order valence-corrected chi connectivity index (χ0v) is 17.2. The maximum absolute atomic E-state index is 12.2. The highest BCUT2D eigenvalue weighted by atomic mass is 16.5. The van der Waals surface area contributed by atoms with E-state index in [1.807, 2.05) is 36.4 Å². The summed E-state index contributed by atoms with van der Waals surface area (Å²) in [4.78, 5) is 35.1. The predicted octanol–water partition coefficient (Wildman–Crippen LogP) is 3.79. The monoisotopic (exact) mass is 430 g/mol. The number of carbonyl (C=O) groups is 3. The molecule has 0 aliphatic heterocycles. The van der Waals surface area contributed by atoms with Crippen LogP contribution in [0.4, 0.5) is 10.5 Å². The number of nitrogens with one attached hydrogen (secondary N) is 2. The van der Waals surface area contributed by atoms with Crippen LogP contribution in [-0.4, -0.2) is 36.2 Å². The molecule has 1 aliphatic rings. The standard InChI is InChI=1S/C25H22N2O5/c28-23(27-17-7-5-6-16(12-17)13-24(29)30)14-26-25(31)32-15-22-20-10-3-1-8-18(20)19-9-2-4-11-21(19)22/h1-12,22H,13-15H2,(H,26,31)(H,27,28)(H,29,30). The largest absolute Gasteiger partial charge is 0.481 e. The second-order valence-corrected chi connectivity index (χ2v) is 7.50. The summed E-state index contributed by atoms with van der Waals surface area (Å²) in [6.45, 7) is -0.0987. The third kappa shape index (κ3) is 4.78. The molecule has 4 rings (SSSR count). The summed E-state index contributed by atoms with van der Waals surface area (Å²) >= 11 is 0. The van der Waals surface area contributed by atoms with Crippen molar-refractivity contribution in [3.63, 3.8) is 0 Å². The van der Waals surface area contributed by atoms with E-state index in [0.717, 1.165) is 22.3 Å². The lowest BCUT2D eigenvalue weighted by atomic mass is 9.98. The van der Waals surface area contributed by atoms with Crippen molar-refractivity contribution in [1.29, 1.82) is 0 Å².